The molecule has 0 bridgehead atoms. The molecule has 7 heteroatoms. The zero-order valence-electron chi connectivity index (χ0n) is 10.3. The van der Waals surface area contributed by atoms with Crippen molar-refractivity contribution < 1.29 is 12.8 Å². The summed E-state index contributed by atoms with van der Waals surface area (Å²) in [6.45, 7) is 3.62. The highest BCUT2D eigenvalue weighted by Gasteiger charge is 2.25. The van der Waals surface area contributed by atoms with Crippen LogP contribution in [0.4, 0.5) is 10.1 Å². The van der Waals surface area contributed by atoms with E-state index in [4.69, 9.17) is 11.6 Å². The Kier molecular flexibility index (Phi) is 4.47. The van der Waals surface area contributed by atoms with E-state index >= 15 is 0 Å². The SMILES string of the molecule is C=CCN(c1ccc(F)c(Cl)c1)S(=O)(=O)c1cccs1. The lowest BCUT2D eigenvalue weighted by molar-refractivity contribution is 0.594. The van der Waals surface area contributed by atoms with E-state index in [1.54, 1.807) is 11.4 Å². The van der Waals surface area contributed by atoms with E-state index in [0.29, 0.717) is 5.69 Å². The molecule has 0 spiro atoms. The van der Waals surface area contributed by atoms with Crippen LogP contribution in [0.3, 0.4) is 0 Å². The Hall–Kier alpha value is -1.37. The average molecular weight is 332 g/mol. The molecule has 0 saturated carbocycles. The Bertz CT molecular complexity index is 714. The second-order valence-electron chi connectivity index (χ2n) is 3.86. The van der Waals surface area contributed by atoms with Gasteiger partial charge in [-0.25, -0.2) is 12.8 Å². The van der Waals surface area contributed by atoms with E-state index in [-0.39, 0.29) is 15.8 Å². The molecule has 106 valence electrons. The minimum absolute atomic E-state index is 0.0716. The van der Waals surface area contributed by atoms with Gasteiger partial charge >= 0.3 is 0 Å². The van der Waals surface area contributed by atoms with Crippen molar-refractivity contribution in [3.63, 3.8) is 0 Å². The fourth-order valence-electron chi connectivity index (χ4n) is 1.62. The topological polar surface area (TPSA) is 37.4 Å². The summed E-state index contributed by atoms with van der Waals surface area (Å²) >= 11 is 6.83. The predicted molar refractivity (Wildman–Crippen MR) is 80.5 cm³/mol. The van der Waals surface area contributed by atoms with E-state index in [0.717, 1.165) is 21.7 Å². The van der Waals surface area contributed by atoms with Crippen LogP contribution in [0.2, 0.25) is 5.02 Å². The van der Waals surface area contributed by atoms with Crippen molar-refractivity contribution in [1.29, 1.82) is 0 Å². The summed E-state index contributed by atoms with van der Waals surface area (Å²) < 4.78 is 39.6. The number of nitrogens with zero attached hydrogens (tertiary/aromatic N) is 1. The van der Waals surface area contributed by atoms with Gasteiger partial charge in [0.1, 0.15) is 10.0 Å². The van der Waals surface area contributed by atoms with Crippen LogP contribution in [0.15, 0.2) is 52.6 Å². The maximum absolute atomic E-state index is 13.2. The highest BCUT2D eigenvalue weighted by atomic mass is 35.5. The summed E-state index contributed by atoms with van der Waals surface area (Å²) in [6, 6.07) is 6.96. The molecule has 0 fully saturated rings. The van der Waals surface area contributed by atoms with Crippen molar-refractivity contribution in [2.75, 3.05) is 10.8 Å². The summed E-state index contributed by atoms with van der Waals surface area (Å²) in [5.41, 5.74) is 0.296. The molecule has 0 amide bonds. The van der Waals surface area contributed by atoms with Crippen molar-refractivity contribution in [3.05, 3.63) is 59.2 Å². The van der Waals surface area contributed by atoms with Gasteiger partial charge in [-0.15, -0.1) is 17.9 Å². The van der Waals surface area contributed by atoms with Crippen LogP contribution in [0, 0.1) is 5.82 Å². The van der Waals surface area contributed by atoms with Crippen molar-refractivity contribution >= 4 is 38.6 Å². The number of anilines is 1. The number of sulfonamides is 1. The Morgan fingerprint density at radius 2 is 2.15 bits per heavy atom. The van der Waals surface area contributed by atoms with E-state index in [1.165, 1.54) is 24.3 Å². The molecule has 0 unspecified atom stereocenters. The van der Waals surface area contributed by atoms with Gasteiger partial charge in [0.15, 0.2) is 0 Å². The standard InChI is InChI=1S/C13H11ClFNO2S2/c1-2-7-16(10-5-6-12(15)11(14)9-10)20(17,18)13-4-3-8-19-13/h2-6,8-9H,1,7H2. The van der Waals surface area contributed by atoms with Gasteiger partial charge in [-0.05, 0) is 29.6 Å². The minimum atomic E-state index is -3.70. The van der Waals surface area contributed by atoms with Crippen LogP contribution in [-0.4, -0.2) is 15.0 Å². The minimum Gasteiger partial charge on any atom is -0.262 e. The van der Waals surface area contributed by atoms with Gasteiger partial charge in [0, 0.05) is 0 Å². The van der Waals surface area contributed by atoms with Crippen molar-refractivity contribution in [2.24, 2.45) is 0 Å². The smallest absolute Gasteiger partial charge is 0.262 e. The summed E-state index contributed by atoms with van der Waals surface area (Å²) in [5.74, 6) is -0.595. The molecule has 2 rings (SSSR count). The number of halogens is 2. The van der Waals surface area contributed by atoms with Gasteiger partial charge in [-0.3, -0.25) is 4.31 Å². The van der Waals surface area contributed by atoms with Crippen molar-refractivity contribution in [2.45, 2.75) is 4.21 Å². The zero-order chi connectivity index (χ0) is 14.8. The van der Waals surface area contributed by atoms with Crippen LogP contribution in [0.5, 0.6) is 0 Å². The lowest BCUT2D eigenvalue weighted by Crippen LogP contribution is -2.30. The Morgan fingerprint density at radius 1 is 1.40 bits per heavy atom. The third-order valence-electron chi connectivity index (χ3n) is 2.53. The molecule has 0 N–H and O–H groups in total. The van der Waals surface area contributed by atoms with Crippen molar-refractivity contribution in [3.8, 4) is 0 Å². The molecule has 2 aromatic rings. The van der Waals surface area contributed by atoms with Gasteiger partial charge in [0.2, 0.25) is 0 Å². The molecule has 1 heterocycles. The number of hydrogen-bond donors (Lipinski definition) is 0. The first-order valence-electron chi connectivity index (χ1n) is 5.59. The van der Waals surface area contributed by atoms with Gasteiger partial charge < -0.3 is 0 Å². The van der Waals surface area contributed by atoms with E-state index < -0.39 is 15.8 Å². The second-order valence-corrected chi connectivity index (χ2v) is 7.30. The molecule has 1 aromatic heterocycles. The maximum atomic E-state index is 13.2. The zero-order valence-corrected chi connectivity index (χ0v) is 12.7. The molecule has 1 aromatic carbocycles. The first kappa shape index (κ1) is 15.0. The summed E-state index contributed by atoms with van der Waals surface area (Å²) in [4.78, 5) is 0. The second kappa shape index (κ2) is 5.95. The summed E-state index contributed by atoms with van der Waals surface area (Å²) in [6.07, 6.45) is 1.46. The maximum Gasteiger partial charge on any atom is 0.274 e. The molecular formula is C13H11ClFNO2S2. The Morgan fingerprint density at radius 3 is 2.70 bits per heavy atom. The number of hydrogen-bond acceptors (Lipinski definition) is 3. The molecule has 0 aliphatic heterocycles. The monoisotopic (exact) mass is 331 g/mol. The van der Waals surface area contributed by atoms with Crippen LogP contribution >= 0.6 is 22.9 Å². The van der Waals surface area contributed by atoms with Gasteiger partial charge in [-0.1, -0.05) is 23.7 Å². The molecule has 0 aliphatic carbocycles. The molecule has 0 atom stereocenters. The van der Waals surface area contributed by atoms with Gasteiger partial charge in [0.25, 0.3) is 10.0 Å². The summed E-state index contributed by atoms with van der Waals surface area (Å²) in [5, 5.41) is 1.55. The normalized spacial score (nSPS) is 11.3. The highest BCUT2D eigenvalue weighted by Crippen LogP contribution is 2.29. The molecule has 3 nitrogen and oxygen atoms in total. The largest absolute Gasteiger partial charge is 0.274 e. The van der Waals surface area contributed by atoms with Crippen LogP contribution in [0.25, 0.3) is 0 Å². The van der Waals surface area contributed by atoms with E-state index in [1.807, 2.05) is 0 Å². The van der Waals surface area contributed by atoms with E-state index in [9.17, 15) is 12.8 Å². The molecule has 0 saturated heterocycles. The Labute approximate surface area is 126 Å². The number of thiophene rings is 1. The van der Waals surface area contributed by atoms with Crippen molar-refractivity contribution in [1.82, 2.24) is 0 Å². The first-order chi connectivity index (χ1) is 9.46. The molecule has 20 heavy (non-hydrogen) atoms. The van der Waals surface area contributed by atoms with Crippen LogP contribution < -0.4 is 4.31 Å². The molecule has 0 aliphatic rings. The van der Waals surface area contributed by atoms with Crippen LogP contribution in [-0.2, 0) is 10.0 Å². The Balaban J connectivity index is 2.51. The highest BCUT2D eigenvalue weighted by molar-refractivity contribution is 7.94. The molecule has 0 radical (unpaired) electrons. The van der Waals surface area contributed by atoms with Gasteiger partial charge in [0.05, 0.1) is 17.3 Å². The lowest BCUT2D eigenvalue weighted by Gasteiger charge is -2.22. The number of benzene rings is 1. The average Bonchev–Trinajstić information content (AvgIpc) is 2.94. The van der Waals surface area contributed by atoms with Crippen LogP contribution in [0.1, 0.15) is 0 Å². The number of rotatable bonds is 5. The fourth-order valence-corrected chi connectivity index (χ4v) is 4.33. The molecular weight excluding hydrogens is 321 g/mol. The lowest BCUT2D eigenvalue weighted by atomic mass is 10.3. The first-order valence-corrected chi connectivity index (χ1v) is 8.29. The third-order valence-corrected chi connectivity index (χ3v) is 5.98. The predicted octanol–water partition coefficient (Wildman–Crippen LogP) is 3.92. The van der Waals surface area contributed by atoms with E-state index in [2.05, 4.69) is 6.58 Å². The van der Waals surface area contributed by atoms with Gasteiger partial charge in [-0.2, -0.15) is 0 Å². The quantitative estimate of drug-likeness (QED) is 0.779. The fraction of sp³-hybridized carbons (Fsp3) is 0.0769. The summed E-state index contributed by atoms with van der Waals surface area (Å²) in [7, 11) is -3.70. The third kappa shape index (κ3) is 2.87.